The van der Waals surface area contributed by atoms with Gasteiger partial charge < -0.3 is 11.1 Å². The molecule has 0 radical (unpaired) electrons. The molecule has 0 spiro atoms. The zero-order valence-corrected chi connectivity index (χ0v) is 10.9. The molecule has 3 N–H and O–H groups in total. The van der Waals surface area contributed by atoms with Gasteiger partial charge in [0.15, 0.2) is 0 Å². The maximum atomic E-state index is 12.7. The van der Waals surface area contributed by atoms with Crippen LogP contribution in [-0.2, 0) is 0 Å². The molecule has 6 heteroatoms. The van der Waals surface area contributed by atoms with Crippen molar-refractivity contribution < 1.29 is 18.0 Å². The van der Waals surface area contributed by atoms with E-state index in [1.54, 1.807) is 24.3 Å². The van der Waals surface area contributed by atoms with Crippen molar-refractivity contribution in [3.05, 3.63) is 29.8 Å². The van der Waals surface area contributed by atoms with Gasteiger partial charge in [-0.05, 0) is 43.5 Å². The third kappa shape index (κ3) is 3.65. The quantitative estimate of drug-likeness (QED) is 0.821. The van der Waals surface area contributed by atoms with Crippen LogP contribution in [0.15, 0.2) is 24.3 Å². The minimum atomic E-state index is -4.18. The van der Waals surface area contributed by atoms with Gasteiger partial charge in [-0.25, -0.2) is 0 Å². The summed E-state index contributed by atoms with van der Waals surface area (Å²) >= 11 is 0. The second kappa shape index (κ2) is 5.73. The lowest BCUT2D eigenvalue weighted by atomic mass is 9.85. The van der Waals surface area contributed by atoms with Gasteiger partial charge in [-0.15, -0.1) is 0 Å². The van der Waals surface area contributed by atoms with Gasteiger partial charge in [-0.3, -0.25) is 4.79 Å². The molecule has 2 atom stereocenters. The van der Waals surface area contributed by atoms with Crippen molar-refractivity contribution in [3.63, 3.8) is 0 Å². The van der Waals surface area contributed by atoms with Crippen LogP contribution in [-0.4, -0.2) is 18.1 Å². The van der Waals surface area contributed by atoms with Gasteiger partial charge in [0.2, 0.25) is 0 Å². The smallest absolute Gasteiger partial charge is 0.391 e. The number of carbonyl (C=O) groups is 1. The Morgan fingerprint density at radius 2 is 1.85 bits per heavy atom. The summed E-state index contributed by atoms with van der Waals surface area (Å²) in [6.45, 7) is 0. The van der Waals surface area contributed by atoms with E-state index >= 15 is 0 Å². The molecular weight excluding hydrogens is 269 g/mol. The third-order valence-electron chi connectivity index (χ3n) is 3.65. The first kappa shape index (κ1) is 14.7. The highest BCUT2D eigenvalue weighted by Gasteiger charge is 2.42. The number of anilines is 1. The number of nitrogens with one attached hydrogen (secondary N) is 1. The first-order chi connectivity index (χ1) is 9.36. The second-order valence-electron chi connectivity index (χ2n) is 5.20. The molecule has 0 aliphatic heterocycles. The largest absolute Gasteiger partial charge is 0.399 e. The average molecular weight is 286 g/mol. The van der Waals surface area contributed by atoms with Gasteiger partial charge in [-0.1, -0.05) is 6.42 Å². The SMILES string of the molecule is Nc1ccc(C(=O)NC2CCCC(C(F)(F)F)C2)cc1. The minimum Gasteiger partial charge on any atom is -0.399 e. The fourth-order valence-corrected chi connectivity index (χ4v) is 2.52. The molecule has 0 heterocycles. The van der Waals surface area contributed by atoms with Crippen molar-refractivity contribution in [3.8, 4) is 0 Å². The Kier molecular flexibility index (Phi) is 4.20. The molecule has 1 aromatic rings. The van der Waals surface area contributed by atoms with E-state index in [0.29, 0.717) is 24.1 Å². The molecule has 1 aliphatic rings. The van der Waals surface area contributed by atoms with Crippen molar-refractivity contribution in [2.75, 3.05) is 5.73 Å². The molecule has 1 fully saturated rings. The Hall–Kier alpha value is -1.72. The molecule has 110 valence electrons. The van der Waals surface area contributed by atoms with Crippen molar-refractivity contribution in [2.45, 2.75) is 37.9 Å². The summed E-state index contributed by atoms with van der Waals surface area (Å²) in [6, 6.07) is 5.90. The van der Waals surface area contributed by atoms with E-state index in [2.05, 4.69) is 5.32 Å². The van der Waals surface area contributed by atoms with Crippen LogP contribution in [0.25, 0.3) is 0 Å². The molecule has 0 bridgehead atoms. The van der Waals surface area contributed by atoms with E-state index in [0.717, 1.165) is 0 Å². The molecule has 0 saturated heterocycles. The molecule has 0 aromatic heterocycles. The average Bonchev–Trinajstić information content (AvgIpc) is 2.38. The number of halogens is 3. The highest BCUT2D eigenvalue weighted by atomic mass is 19.4. The number of rotatable bonds is 2. The van der Waals surface area contributed by atoms with Crippen LogP contribution >= 0.6 is 0 Å². The van der Waals surface area contributed by atoms with Gasteiger partial charge >= 0.3 is 6.18 Å². The van der Waals surface area contributed by atoms with Gasteiger partial charge in [0, 0.05) is 17.3 Å². The number of nitrogens with two attached hydrogens (primary N) is 1. The molecule has 1 aromatic carbocycles. The third-order valence-corrected chi connectivity index (χ3v) is 3.65. The maximum absolute atomic E-state index is 12.7. The Morgan fingerprint density at radius 3 is 2.45 bits per heavy atom. The summed E-state index contributed by atoms with van der Waals surface area (Å²) < 4.78 is 38.1. The monoisotopic (exact) mass is 286 g/mol. The normalized spacial score (nSPS) is 23.4. The summed E-state index contributed by atoms with van der Waals surface area (Å²) in [4.78, 5) is 11.9. The van der Waals surface area contributed by atoms with Gasteiger partial charge in [0.1, 0.15) is 0 Å². The van der Waals surface area contributed by atoms with Gasteiger partial charge in [0.05, 0.1) is 5.92 Å². The van der Waals surface area contributed by atoms with Crippen LogP contribution < -0.4 is 11.1 Å². The Labute approximate surface area is 115 Å². The Morgan fingerprint density at radius 1 is 1.20 bits per heavy atom. The second-order valence-corrected chi connectivity index (χ2v) is 5.20. The summed E-state index contributed by atoms with van der Waals surface area (Å²) in [5, 5.41) is 2.68. The number of amides is 1. The fraction of sp³-hybridized carbons (Fsp3) is 0.500. The minimum absolute atomic E-state index is 0.0375. The van der Waals surface area contributed by atoms with Crippen LogP contribution in [0.4, 0.5) is 18.9 Å². The number of carbonyl (C=O) groups excluding carboxylic acids is 1. The van der Waals surface area contributed by atoms with Crippen molar-refractivity contribution >= 4 is 11.6 Å². The lowest BCUT2D eigenvalue weighted by Gasteiger charge is -2.31. The Bertz CT molecular complexity index is 470. The van der Waals surface area contributed by atoms with E-state index in [4.69, 9.17) is 5.73 Å². The first-order valence-corrected chi connectivity index (χ1v) is 6.59. The van der Waals surface area contributed by atoms with Gasteiger partial charge in [0.25, 0.3) is 5.91 Å². The van der Waals surface area contributed by atoms with E-state index in [1.807, 2.05) is 0 Å². The molecule has 1 saturated carbocycles. The summed E-state index contributed by atoms with van der Waals surface area (Å²) in [6.07, 6.45) is -2.99. The van der Waals surface area contributed by atoms with Crippen LogP contribution in [0.1, 0.15) is 36.0 Å². The predicted octanol–water partition coefficient (Wildman–Crippen LogP) is 3.12. The maximum Gasteiger partial charge on any atom is 0.391 e. The topological polar surface area (TPSA) is 55.1 Å². The van der Waals surface area contributed by atoms with Crippen molar-refractivity contribution in [1.82, 2.24) is 5.32 Å². The summed E-state index contributed by atoms with van der Waals surface area (Å²) in [7, 11) is 0. The standard InChI is InChI=1S/C14H17F3N2O/c15-14(16,17)10-2-1-3-12(8-10)19-13(20)9-4-6-11(18)7-5-9/h4-7,10,12H,1-3,8,18H2,(H,19,20). The highest BCUT2D eigenvalue weighted by molar-refractivity contribution is 5.94. The number of nitrogen functional groups attached to an aromatic ring is 1. The lowest BCUT2D eigenvalue weighted by molar-refractivity contribution is -0.183. The zero-order valence-electron chi connectivity index (χ0n) is 10.9. The van der Waals surface area contributed by atoms with Crippen LogP contribution in [0.2, 0.25) is 0 Å². The van der Waals surface area contributed by atoms with Crippen LogP contribution in [0.3, 0.4) is 0 Å². The first-order valence-electron chi connectivity index (χ1n) is 6.59. The zero-order chi connectivity index (χ0) is 14.8. The van der Waals surface area contributed by atoms with Crippen LogP contribution in [0, 0.1) is 5.92 Å². The predicted molar refractivity (Wildman–Crippen MR) is 70.1 cm³/mol. The Balaban J connectivity index is 1.96. The number of benzene rings is 1. The molecule has 3 nitrogen and oxygen atoms in total. The van der Waals surface area contributed by atoms with Crippen LogP contribution in [0.5, 0.6) is 0 Å². The number of hydrogen-bond acceptors (Lipinski definition) is 2. The number of hydrogen-bond donors (Lipinski definition) is 2. The van der Waals surface area contributed by atoms with E-state index < -0.39 is 18.1 Å². The summed E-state index contributed by atoms with van der Waals surface area (Å²) in [5.74, 6) is -1.66. The van der Waals surface area contributed by atoms with Crippen molar-refractivity contribution in [1.29, 1.82) is 0 Å². The molecule has 2 unspecified atom stereocenters. The van der Waals surface area contributed by atoms with Gasteiger partial charge in [-0.2, -0.15) is 13.2 Å². The van der Waals surface area contributed by atoms with E-state index in [9.17, 15) is 18.0 Å². The van der Waals surface area contributed by atoms with E-state index in [1.165, 1.54) is 0 Å². The molecule has 1 aliphatic carbocycles. The summed E-state index contributed by atoms with van der Waals surface area (Å²) in [5.41, 5.74) is 6.47. The molecule has 1 amide bonds. The molecule has 2 rings (SSSR count). The van der Waals surface area contributed by atoms with Crippen molar-refractivity contribution in [2.24, 2.45) is 5.92 Å². The van der Waals surface area contributed by atoms with E-state index in [-0.39, 0.29) is 18.7 Å². The molecular formula is C14H17F3N2O. The number of alkyl halides is 3. The fourth-order valence-electron chi connectivity index (χ4n) is 2.52. The highest BCUT2D eigenvalue weighted by Crippen LogP contribution is 2.37. The lowest BCUT2D eigenvalue weighted by Crippen LogP contribution is -2.41. The molecule has 20 heavy (non-hydrogen) atoms.